The van der Waals surface area contributed by atoms with Crippen molar-refractivity contribution in [1.82, 2.24) is 10.2 Å². The van der Waals surface area contributed by atoms with Crippen molar-refractivity contribution in [2.45, 2.75) is 58.3 Å². The fraction of sp³-hybridized carbons (Fsp3) is 0.650. The summed E-state index contributed by atoms with van der Waals surface area (Å²) < 4.78 is 0. The number of carbonyl (C=O) groups is 1. The molecule has 0 unspecified atom stereocenters. The summed E-state index contributed by atoms with van der Waals surface area (Å²) in [5.41, 5.74) is 2.14. The van der Waals surface area contributed by atoms with Crippen molar-refractivity contribution in [3.63, 3.8) is 0 Å². The number of rotatable bonds is 5. The molecule has 0 atom stereocenters. The van der Waals surface area contributed by atoms with Gasteiger partial charge < -0.3 is 10.2 Å². The zero-order chi connectivity index (χ0) is 16.7. The third-order valence-electron chi connectivity index (χ3n) is 4.65. The maximum Gasteiger partial charge on any atom is 0.251 e. The molecule has 1 aromatic rings. The van der Waals surface area contributed by atoms with Gasteiger partial charge in [-0.05, 0) is 62.0 Å². The highest BCUT2D eigenvalue weighted by atomic mass is 16.1. The molecule has 0 aliphatic carbocycles. The van der Waals surface area contributed by atoms with E-state index in [1.165, 1.54) is 44.3 Å². The first-order valence-corrected chi connectivity index (χ1v) is 9.08. The Labute approximate surface area is 141 Å². The normalized spacial score (nSPS) is 16.8. The number of likely N-dealkylation sites (tertiary alicyclic amines) is 1. The van der Waals surface area contributed by atoms with E-state index in [1.807, 2.05) is 12.1 Å². The Morgan fingerprint density at radius 2 is 1.65 bits per heavy atom. The maximum absolute atomic E-state index is 12.2. The third kappa shape index (κ3) is 5.98. The van der Waals surface area contributed by atoms with Crippen LogP contribution in [0.5, 0.6) is 0 Å². The number of carbonyl (C=O) groups excluding carboxylic acids is 1. The van der Waals surface area contributed by atoms with Gasteiger partial charge in [0.15, 0.2) is 0 Å². The molecule has 0 spiro atoms. The van der Waals surface area contributed by atoms with Crippen LogP contribution in [0, 0.1) is 0 Å². The van der Waals surface area contributed by atoms with E-state index in [2.05, 4.69) is 43.1 Å². The third-order valence-corrected chi connectivity index (χ3v) is 4.65. The standard InChI is InChI=1S/C20H32N2O/c1-20(2,3)18-11-9-17(10-12-18)19(23)21-13-8-16-22-14-6-4-5-7-15-22/h9-12H,4-8,13-16H2,1-3H3,(H,21,23). The first-order chi connectivity index (χ1) is 11.0. The van der Waals surface area contributed by atoms with Gasteiger partial charge in [-0.1, -0.05) is 45.7 Å². The SMILES string of the molecule is CC(C)(C)c1ccc(C(=O)NCCCN2CCCCCC2)cc1. The van der Waals surface area contributed by atoms with E-state index in [9.17, 15) is 4.79 Å². The number of nitrogens with zero attached hydrogens (tertiary/aromatic N) is 1. The summed E-state index contributed by atoms with van der Waals surface area (Å²) in [6, 6.07) is 7.99. The van der Waals surface area contributed by atoms with Gasteiger partial charge in [0.25, 0.3) is 5.91 Å². The van der Waals surface area contributed by atoms with Crippen LogP contribution in [0.4, 0.5) is 0 Å². The zero-order valence-corrected chi connectivity index (χ0v) is 15.0. The van der Waals surface area contributed by atoms with Gasteiger partial charge in [-0.3, -0.25) is 4.79 Å². The quantitative estimate of drug-likeness (QED) is 0.833. The first-order valence-electron chi connectivity index (χ1n) is 9.08. The summed E-state index contributed by atoms with van der Waals surface area (Å²) in [6.45, 7) is 10.9. The van der Waals surface area contributed by atoms with E-state index < -0.39 is 0 Å². The summed E-state index contributed by atoms with van der Waals surface area (Å²) in [4.78, 5) is 14.7. The molecule has 3 nitrogen and oxygen atoms in total. The van der Waals surface area contributed by atoms with Crippen LogP contribution in [0.15, 0.2) is 24.3 Å². The summed E-state index contributed by atoms with van der Waals surface area (Å²) in [7, 11) is 0. The molecule has 1 saturated heterocycles. The molecule has 128 valence electrons. The Hall–Kier alpha value is -1.35. The van der Waals surface area contributed by atoms with E-state index in [-0.39, 0.29) is 11.3 Å². The van der Waals surface area contributed by atoms with E-state index in [0.717, 1.165) is 25.1 Å². The van der Waals surface area contributed by atoms with Crippen LogP contribution in [0.3, 0.4) is 0 Å². The van der Waals surface area contributed by atoms with E-state index in [1.54, 1.807) is 0 Å². The lowest BCUT2D eigenvalue weighted by molar-refractivity contribution is 0.0951. The molecule has 2 rings (SSSR count). The van der Waals surface area contributed by atoms with Gasteiger partial charge in [0.2, 0.25) is 0 Å². The number of amides is 1. The van der Waals surface area contributed by atoms with Crippen molar-refractivity contribution in [2.24, 2.45) is 0 Å². The highest BCUT2D eigenvalue weighted by Gasteiger charge is 2.14. The van der Waals surface area contributed by atoms with Crippen LogP contribution < -0.4 is 5.32 Å². The van der Waals surface area contributed by atoms with Crippen LogP contribution in [0.1, 0.15) is 68.8 Å². The molecule has 0 saturated carbocycles. The van der Waals surface area contributed by atoms with E-state index in [4.69, 9.17) is 0 Å². The first kappa shape index (κ1) is 18.0. The molecular formula is C20H32N2O. The van der Waals surface area contributed by atoms with Gasteiger partial charge in [-0.25, -0.2) is 0 Å². The molecule has 0 bridgehead atoms. The molecule has 1 aliphatic heterocycles. The Kier molecular flexibility index (Phi) is 6.64. The average molecular weight is 316 g/mol. The smallest absolute Gasteiger partial charge is 0.251 e. The Balaban J connectivity index is 1.72. The van der Waals surface area contributed by atoms with Crippen molar-refractivity contribution in [1.29, 1.82) is 0 Å². The number of nitrogens with one attached hydrogen (secondary N) is 1. The second-order valence-electron chi connectivity index (χ2n) is 7.69. The largest absolute Gasteiger partial charge is 0.352 e. The Morgan fingerprint density at radius 1 is 1.04 bits per heavy atom. The Morgan fingerprint density at radius 3 is 2.22 bits per heavy atom. The maximum atomic E-state index is 12.2. The molecule has 1 aliphatic rings. The monoisotopic (exact) mass is 316 g/mol. The van der Waals surface area contributed by atoms with E-state index in [0.29, 0.717) is 0 Å². The fourth-order valence-electron chi connectivity index (χ4n) is 3.09. The summed E-state index contributed by atoms with van der Waals surface area (Å²) >= 11 is 0. The topological polar surface area (TPSA) is 32.3 Å². The van der Waals surface area contributed by atoms with Gasteiger partial charge in [0.1, 0.15) is 0 Å². The summed E-state index contributed by atoms with van der Waals surface area (Å²) in [5.74, 6) is 0.0429. The van der Waals surface area contributed by atoms with Crippen LogP contribution in [-0.4, -0.2) is 37.0 Å². The van der Waals surface area contributed by atoms with E-state index >= 15 is 0 Å². The minimum atomic E-state index is 0.0429. The molecular weight excluding hydrogens is 284 g/mol. The number of hydrogen-bond acceptors (Lipinski definition) is 2. The van der Waals surface area contributed by atoms with Gasteiger partial charge >= 0.3 is 0 Å². The number of hydrogen-bond donors (Lipinski definition) is 1. The second kappa shape index (κ2) is 8.49. The molecule has 1 heterocycles. The lowest BCUT2D eigenvalue weighted by atomic mass is 9.87. The van der Waals surface area contributed by atoms with Crippen molar-refractivity contribution >= 4 is 5.91 Å². The van der Waals surface area contributed by atoms with Crippen molar-refractivity contribution in [3.05, 3.63) is 35.4 Å². The van der Waals surface area contributed by atoms with Crippen LogP contribution in [-0.2, 0) is 5.41 Å². The van der Waals surface area contributed by atoms with Crippen molar-refractivity contribution < 1.29 is 4.79 Å². The van der Waals surface area contributed by atoms with Crippen LogP contribution in [0.2, 0.25) is 0 Å². The fourth-order valence-corrected chi connectivity index (χ4v) is 3.09. The van der Waals surface area contributed by atoms with Gasteiger partial charge in [0.05, 0.1) is 0 Å². The molecule has 1 amide bonds. The minimum absolute atomic E-state index is 0.0429. The van der Waals surface area contributed by atoms with Crippen molar-refractivity contribution in [2.75, 3.05) is 26.2 Å². The molecule has 3 heteroatoms. The Bertz CT molecular complexity index is 479. The predicted molar refractivity (Wildman–Crippen MR) is 97.0 cm³/mol. The average Bonchev–Trinajstić information content (AvgIpc) is 2.79. The lowest BCUT2D eigenvalue weighted by Crippen LogP contribution is -2.30. The van der Waals surface area contributed by atoms with Gasteiger partial charge in [-0.15, -0.1) is 0 Å². The molecule has 0 aromatic heterocycles. The van der Waals surface area contributed by atoms with Gasteiger partial charge in [0, 0.05) is 12.1 Å². The van der Waals surface area contributed by atoms with Crippen LogP contribution >= 0.6 is 0 Å². The second-order valence-corrected chi connectivity index (χ2v) is 7.69. The molecule has 1 N–H and O–H groups in total. The zero-order valence-electron chi connectivity index (χ0n) is 15.0. The predicted octanol–water partition coefficient (Wildman–Crippen LogP) is 3.98. The molecule has 0 radical (unpaired) electrons. The molecule has 1 fully saturated rings. The van der Waals surface area contributed by atoms with Gasteiger partial charge in [-0.2, -0.15) is 0 Å². The number of benzene rings is 1. The van der Waals surface area contributed by atoms with Crippen molar-refractivity contribution in [3.8, 4) is 0 Å². The lowest BCUT2D eigenvalue weighted by Gasteiger charge is -2.20. The molecule has 1 aromatic carbocycles. The van der Waals surface area contributed by atoms with Crippen LogP contribution in [0.25, 0.3) is 0 Å². The minimum Gasteiger partial charge on any atom is -0.352 e. The highest BCUT2D eigenvalue weighted by molar-refractivity contribution is 5.94. The summed E-state index contributed by atoms with van der Waals surface area (Å²) in [6.07, 6.45) is 6.43. The summed E-state index contributed by atoms with van der Waals surface area (Å²) in [5, 5.41) is 3.05. The molecule has 23 heavy (non-hydrogen) atoms. The highest BCUT2D eigenvalue weighted by Crippen LogP contribution is 2.22.